The van der Waals surface area contributed by atoms with Crippen LogP contribution in [0.4, 0.5) is 10.6 Å². The Hall–Kier alpha value is -2.35. The monoisotopic (exact) mass is 331 g/mol. The van der Waals surface area contributed by atoms with Crippen LogP contribution in [0.1, 0.15) is 24.6 Å². The Labute approximate surface area is 141 Å². The quantitative estimate of drug-likeness (QED) is 0.864. The molecular weight excluding hydrogens is 306 g/mol. The molecule has 0 unspecified atom stereocenters. The molecule has 1 saturated heterocycles. The molecule has 2 aromatic heterocycles. The number of aromatic nitrogens is 4. The van der Waals surface area contributed by atoms with Crippen molar-refractivity contribution in [2.24, 2.45) is 7.05 Å². The van der Waals surface area contributed by atoms with E-state index in [2.05, 4.69) is 32.8 Å². The van der Waals surface area contributed by atoms with Crippen molar-refractivity contribution in [2.45, 2.75) is 25.3 Å². The second-order valence-electron chi connectivity index (χ2n) is 6.33. The van der Waals surface area contributed by atoms with Gasteiger partial charge < -0.3 is 10.2 Å². The molecule has 1 aliphatic rings. The zero-order valence-electron chi connectivity index (χ0n) is 14.3. The third-order valence-corrected chi connectivity index (χ3v) is 4.35. The minimum Gasteiger partial charge on any atom is -0.337 e. The van der Waals surface area contributed by atoms with Crippen LogP contribution in [0.3, 0.4) is 0 Å². The molecule has 2 N–H and O–H groups in total. The summed E-state index contributed by atoms with van der Waals surface area (Å²) < 4.78 is 3.72. The summed E-state index contributed by atoms with van der Waals surface area (Å²) in [5.74, 6) is 0.587. The van der Waals surface area contributed by atoms with Crippen molar-refractivity contribution in [1.82, 2.24) is 29.8 Å². The number of amides is 2. The number of nitrogens with zero attached hydrogens (tertiary/aromatic N) is 5. The molecule has 130 valence electrons. The van der Waals surface area contributed by atoms with Crippen LogP contribution in [-0.2, 0) is 13.5 Å². The zero-order chi connectivity index (χ0) is 16.9. The van der Waals surface area contributed by atoms with E-state index < -0.39 is 0 Å². The third kappa shape index (κ3) is 4.35. The van der Waals surface area contributed by atoms with E-state index in [1.165, 1.54) is 0 Å². The lowest BCUT2D eigenvalue weighted by Gasteiger charge is -2.28. The first-order chi connectivity index (χ1) is 11.6. The molecular formula is C16H25N7O. The summed E-state index contributed by atoms with van der Waals surface area (Å²) in [5, 5.41) is 14.4. The normalized spacial score (nSPS) is 16.2. The summed E-state index contributed by atoms with van der Waals surface area (Å²) >= 11 is 0. The maximum atomic E-state index is 11.9. The first kappa shape index (κ1) is 16.5. The van der Waals surface area contributed by atoms with E-state index in [0.29, 0.717) is 24.8 Å². The summed E-state index contributed by atoms with van der Waals surface area (Å²) in [7, 11) is 4.02. The number of hydrogen-bond donors (Lipinski definition) is 2. The molecule has 8 heteroatoms. The number of aryl methyl sites for hydroxylation is 1. The second-order valence-corrected chi connectivity index (χ2v) is 6.33. The van der Waals surface area contributed by atoms with E-state index in [9.17, 15) is 4.79 Å². The van der Waals surface area contributed by atoms with Crippen LogP contribution in [0.5, 0.6) is 0 Å². The van der Waals surface area contributed by atoms with Gasteiger partial charge in [-0.2, -0.15) is 10.2 Å². The molecule has 3 heterocycles. The molecule has 8 nitrogen and oxygen atoms in total. The number of likely N-dealkylation sites (tertiary alicyclic amines) is 1. The molecule has 0 spiro atoms. The van der Waals surface area contributed by atoms with E-state index in [0.717, 1.165) is 31.6 Å². The lowest BCUT2D eigenvalue weighted by molar-refractivity contribution is 0.212. The molecule has 2 aromatic rings. The van der Waals surface area contributed by atoms with Gasteiger partial charge in [0, 0.05) is 38.5 Å². The lowest BCUT2D eigenvalue weighted by Crippen LogP contribution is -2.32. The topological polar surface area (TPSA) is 80.0 Å². The number of nitrogens with one attached hydrogen (secondary N) is 2. The van der Waals surface area contributed by atoms with E-state index in [1.54, 1.807) is 4.68 Å². The van der Waals surface area contributed by atoms with Gasteiger partial charge in [0.15, 0.2) is 5.82 Å². The largest absolute Gasteiger partial charge is 0.337 e. The van der Waals surface area contributed by atoms with Crippen LogP contribution in [-0.4, -0.2) is 57.2 Å². The molecule has 0 saturated carbocycles. The standard InChI is InChI=1S/C16H25N7O/c1-21-9-5-14(6-10-21)23-12-7-15(20-23)18-16(24)17-8-3-13-4-11-22(2)19-13/h4,7,11-12,14H,3,5-6,8-10H2,1-2H3,(H2,17,18,20,24). The van der Waals surface area contributed by atoms with Crippen molar-refractivity contribution >= 4 is 11.8 Å². The van der Waals surface area contributed by atoms with Gasteiger partial charge in [-0.3, -0.25) is 14.7 Å². The van der Waals surface area contributed by atoms with Gasteiger partial charge in [-0.1, -0.05) is 0 Å². The van der Waals surface area contributed by atoms with E-state index in [-0.39, 0.29) is 6.03 Å². The van der Waals surface area contributed by atoms with Crippen LogP contribution < -0.4 is 10.6 Å². The summed E-state index contributed by atoms with van der Waals surface area (Å²) in [4.78, 5) is 14.3. The van der Waals surface area contributed by atoms with Gasteiger partial charge >= 0.3 is 6.03 Å². The first-order valence-corrected chi connectivity index (χ1v) is 8.37. The van der Waals surface area contributed by atoms with Gasteiger partial charge in [-0.05, 0) is 39.0 Å². The molecule has 3 rings (SSSR count). The van der Waals surface area contributed by atoms with Crippen LogP contribution in [0.15, 0.2) is 24.5 Å². The SMILES string of the molecule is CN1CCC(n2ccc(NC(=O)NCCc3ccn(C)n3)n2)CC1. The first-order valence-electron chi connectivity index (χ1n) is 8.37. The molecule has 0 atom stereocenters. The minimum absolute atomic E-state index is 0.237. The number of anilines is 1. The fraction of sp³-hybridized carbons (Fsp3) is 0.562. The van der Waals surface area contributed by atoms with Gasteiger partial charge in [0.1, 0.15) is 0 Å². The van der Waals surface area contributed by atoms with E-state index in [4.69, 9.17) is 0 Å². The Bertz CT molecular complexity index is 670. The van der Waals surface area contributed by atoms with Gasteiger partial charge in [0.05, 0.1) is 11.7 Å². The van der Waals surface area contributed by atoms with Crippen LogP contribution in [0.2, 0.25) is 0 Å². The summed E-state index contributed by atoms with van der Waals surface area (Å²) in [6, 6.07) is 3.97. The zero-order valence-corrected chi connectivity index (χ0v) is 14.3. The average molecular weight is 331 g/mol. The Morgan fingerprint density at radius 2 is 2.00 bits per heavy atom. The molecule has 2 amide bonds. The number of hydrogen-bond acceptors (Lipinski definition) is 4. The van der Waals surface area contributed by atoms with Crippen molar-refractivity contribution in [3.8, 4) is 0 Å². The Balaban J connectivity index is 1.43. The summed E-state index contributed by atoms with van der Waals surface area (Å²) in [6.45, 7) is 2.71. The fourth-order valence-electron chi connectivity index (χ4n) is 2.93. The van der Waals surface area contributed by atoms with Gasteiger partial charge in [-0.25, -0.2) is 4.79 Å². The van der Waals surface area contributed by atoms with Crippen molar-refractivity contribution in [3.63, 3.8) is 0 Å². The number of carbonyl (C=O) groups excluding carboxylic acids is 1. The molecule has 24 heavy (non-hydrogen) atoms. The number of rotatable bonds is 5. The highest BCUT2D eigenvalue weighted by Gasteiger charge is 2.19. The predicted octanol–water partition coefficient (Wildman–Crippen LogP) is 1.25. The summed E-state index contributed by atoms with van der Waals surface area (Å²) in [6.07, 6.45) is 6.73. The van der Waals surface area contributed by atoms with Gasteiger partial charge in [0.2, 0.25) is 0 Å². The van der Waals surface area contributed by atoms with E-state index in [1.807, 2.05) is 36.3 Å². The highest BCUT2D eigenvalue weighted by molar-refractivity contribution is 5.88. The minimum atomic E-state index is -0.237. The summed E-state index contributed by atoms with van der Waals surface area (Å²) in [5.41, 5.74) is 0.962. The van der Waals surface area contributed by atoms with Crippen molar-refractivity contribution < 1.29 is 4.79 Å². The van der Waals surface area contributed by atoms with Crippen molar-refractivity contribution in [2.75, 3.05) is 32.0 Å². The van der Waals surface area contributed by atoms with Crippen molar-refractivity contribution in [1.29, 1.82) is 0 Å². The maximum Gasteiger partial charge on any atom is 0.320 e. The second kappa shape index (κ2) is 7.48. The smallest absolute Gasteiger partial charge is 0.320 e. The highest BCUT2D eigenvalue weighted by atomic mass is 16.2. The molecule has 1 fully saturated rings. The van der Waals surface area contributed by atoms with E-state index >= 15 is 0 Å². The third-order valence-electron chi connectivity index (χ3n) is 4.35. The van der Waals surface area contributed by atoms with Crippen LogP contribution >= 0.6 is 0 Å². The van der Waals surface area contributed by atoms with Gasteiger partial charge in [0.25, 0.3) is 0 Å². The molecule has 1 aliphatic heterocycles. The Morgan fingerprint density at radius 3 is 2.71 bits per heavy atom. The number of urea groups is 1. The van der Waals surface area contributed by atoms with Crippen LogP contribution in [0, 0.1) is 0 Å². The lowest BCUT2D eigenvalue weighted by atomic mass is 10.1. The fourth-order valence-corrected chi connectivity index (χ4v) is 2.93. The maximum absolute atomic E-state index is 11.9. The molecule has 0 radical (unpaired) electrons. The van der Waals surface area contributed by atoms with Crippen LogP contribution in [0.25, 0.3) is 0 Å². The number of carbonyl (C=O) groups is 1. The Morgan fingerprint density at radius 1 is 1.21 bits per heavy atom. The van der Waals surface area contributed by atoms with Gasteiger partial charge in [-0.15, -0.1) is 0 Å². The molecule has 0 aromatic carbocycles. The molecule has 0 bridgehead atoms. The molecule has 0 aliphatic carbocycles. The van der Waals surface area contributed by atoms with Crippen molar-refractivity contribution in [3.05, 3.63) is 30.2 Å². The predicted molar refractivity (Wildman–Crippen MR) is 91.9 cm³/mol. The highest BCUT2D eigenvalue weighted by Crippen LogP contribution is 2.21. The Kier molecular flexibility index (Phi) is 5.14. The number of piperidine rings is 1. The average Bonchev–Trinajstić information content (AvgIpc) is 3.17.